The fourth-order valence-electron chi connectivity index (χ4n) is 3.54. The fraction of sp³-hybridized carbons (Fsp3) is 0.923. The molecule has 0 saturated carbocycles. The van der Waals surface area contributed by atoms with Gasteiger partial charge in [0, 0.05) is 31.2 Å². The normalized spacial score (nSPS) is 36.9. The highest BCUT2D eigenvalue weighted by atomic mass is 16.2. The molecule has 96 valence electrons. The van der Waals surface area contributed by atoms with Crippen LogP contribution in [0.15, 0.2) is 0 Å². The fourth-order valence-corrected chi connectivity index (χ4v) is 3.54. The highest BCUT2D eigenvalue weighted by molar-refractivity contribution is 5.74. The first-order valence-corrected chi connectivity index (χ1v) is 7.13. The average Bonchev–Trinajstić information content (AvgIpc) is 2.70. The van der Waals surface area contributed by atoms with Crippen molar-refractivity contribution in [2.75, 3.05) is 13.1 Å². The van der Waals surface area contributed by atoms with Crippen molar-refractivity contribution in [1.29, 1.82) is 0 Å². The summed E-state index contributed by atoms with van der Waals surface area (Å²) < 4.78 is 0. The van der Waals surface area contributed by atoms with Gasteiger partial charge in [-0.1, -0.05) is 0 Å². The minimum Gasteiger partial charge on any atom is -0.335 e. The van der Waals surface area contributed by atoms with Gasteiger partial charge in [-0.15, -0.1) is 0 Å². The summed E-state index contributed by atoms with van der Waals surface area (Å²) in [6.45, 7) is 1.90. The molecule has 0 spiro atoms. The molecule has 2 amide bonds. The first-order valence-electron chi connectivity index (χ1n) is 7.13. The Morgan fingerprint density at radius 3 is 2.35 bits per heavy atom. The lowest BCUT2D eigenvalue weighted by Gasteiger charge is -2.33. The van der Waals surface area contributed by atoms with Crippen molar-refractivity contribution in [1.82, 2.24) is 15.5 Å². The van der Waals surface area contributed by atoms with Gasteiger partial charge in [0.05, 0.1) is 0 Å². The molecule has 4 heteroatoms. The Labute approximate surface area is 103 Å². The first-order chi connectivity index (χ1) is 8.31. The third kappa shape index (κ3) is 2.57. The van der Waals surface area contributed by atoms with Gasteiger partial charge in [0.15, 0.2) is 0 Å². The Morgan fingerprint density at radius 1 is 1.06 bits per heavy atom. The number of nitrogens with zero attached hydrogens (tertiary/aromatic N) is 1. The van der Waals surface area contributed by atoms with Crippen LogP contribution in [0, 0.1) is 0 Å². The smallest absolute Gasteiger partial charge is 0.317 e. The standard InChI is InChI=1S/C13H23N3O/c17-13(16-6-2-1-3-7-16)15-12-8-10-4-5-11(9-12)14-10/h10-12,14H,1-9H2,(H,15,17). The molecule has 4 nitrogen and oxygen atoms in total. The highest BCUT2D eigenvalue weighted by Gasteiger charge is 2.34. The molecule has 0 aromatic heterocycles. The number of carbonyl (C=O) groups is 1. The topological polar surface area (TPSA) is 44.4 Å². The molecule has 3 rings (SSSR count). The predicted octanol–water partition coefficient (Wildman–Crippen LogP) is 1.46. The maximum absolute atomic E-state index is 12.1. The minimum atomic E-state index is 0.177. The summed E-state index contributed by atoms with van der Waals surface area (Å²) in [4.78, 5) is 14.1. The molecule has 3 fully saturated rings. The largest absolute Gasteiger partial charge is 0.335 e. The lowest BCUT2D eigenvalue weighted by atomic mass is 10.00. The monoisotopic (exact) mass is 237 g/mol. The molecule has 0 aromatic rings. The van der Waals surface area contributed by atoms with Gasteiger partial charge >= 0.3 is 6.03 Å². The van der Waals surface area contributed by atoms with Crippen LogP contribution in [-0.2, 0) is 0 Å². The molecule has 2 unspecified atom stereocenters. The van der Waals surface area contributed by atoms with E-state index in [4.69, 9.17) is 0 Å². The second-order valence-electron chi connectivity index (χ2n) is 5.80. The Kier molecular flexibility index (Phi) is 3.23. The van der Waals surface area contributed by atoms with Crippen LogP contribution in [0.1, 0.15) is 44.9 Å². The van der Waals surface area contributed by atoms with Crippen LogP contribution in [0.2, 0.25) is 0 Å². The van der Waals surface area contributed by atoms with E-state index in [1.807, 2.05) is 4.90 Å². The molecular formula is C13H23N3O. The Bertz CT molecular complexity index is 276. The molecule has 2 atom stereocenters. The van der Waals surface area contributed by atoms with Crippen molar-refractivity contribution in [3.05, 3.63) is 0 Å². The third-order valence-electron chi connectivity index (χ3n) is 4.44. The van der Waals surface area contributed by atoms with Crippen LogP contribution in [0.4, 0.5) is 4.79 Å². The van der Waals surface area contributed by atoms with Crippen molar-refractivity contribution in [2.45, 2.75) is 63.1 Å². The summed E-state index contributed by atoms with van der Waals surface area (Å²) in [7, 11) is 0. The van der Waals surface area contributed by atoms with Crippen LogP contribution in [0.25, 0.3) is 0 Å². The summed E-state index contributed by atoms with van der Waals surface area (Å²) in [5.41, 5.74) is 0. The highest BCUT2D eigenvalue weighted by Crippen LogP contribution is 2.26. The van der Waals surface area contributed by atoms with Gasteiger partial charge in [-0.2, -0.15) is 0 Å². The molecule has 3 aliphatic rings. The number of fused-ring (bicyclic) bond motifs is 2. The Hall–Kier alpha value is -0.770. The first kappa shape index (κ1) is 11.3. The van der Waals surface area contributed by atoms with Crippen molar-refractivity contribution in [2.24, 2.45) is 0 Å². The zero-order valence-corrected chi connectivity index (χ0v) is 10.5. The second-order valence-corrected chi connectivity index (χ2v) is 5.80. The van der Waals surface area contributed by atoms with Crippen molar-refractivity contribution < 1.29 is 4.79 Å². The predicted molar refractivity (Wildman–Crippen MR) is 66.9 cm³/mol. The summed E-state index contributed by atoms with van der Waals surface area (Å²) in [6.07, 6.45) is 8.45. The van der Waals surface area contributed by atoms with Crippen LogP contribution in [-0.4, -0.2) is 42.1 Å². The second kappa shape index (κ2) is 4.84. The number of piperidine rings is 2. The van der Waals surface area contributed by atoms with Crippen molar-refractivity contribution in [3.8, 4) is 0 Å². The van der Waals surface area contributed by atoms with Crippen LogP contribution in [0.5, 0.6) is 0 Å². The molecule has 2 bridgehead atoms. The average molecular weight is 237 g/mol. The van der Waals surface area contributed by atoms with E-state index in [-0.39, 0.29) is 6.03 Å². The summed E-state index contributed by atoms with van der Waals surface area (Å²) >= 11 is 0. The van der Waals surface area contributed by atoms with E-state index >= 15 is 0 Å². The zero-order chi connectivity index (χ0) is 11.7. The van der Waals surface area contributed by atoms with Crippen LogP contribution < -0.4 is 10.6 Å². The third-order valence-corrected chi connectivity index (χ3v) is 4.44. The molecule has 3 saturated heterocycles. The molecule has 0 aromatic carbocycles. The van der Waals surface area contributed by atoms with E-state index in [2.05, 4.69) is 10.6 Å². The van der Waals surface area contributed by atoms with Gasteiger partial charge in [0.1, 0.15) is 0 Å². The van der Waals surface area contributed by atoms with Crippen molar-refractivity contribution >= 4 is 6.03 Å². The van der Waals surface area contributed by atoms with E-state index in [0.717, 1.165) is 25.9 Å². The number of hydrogen-bond acceptors (Lipinski definition) is 2. The Morgan fingerprint density at radius 2 is 1.71 bits per heavy atom. The van der Waals surface area contributed by atoms with Gasteiger partial charge in [0.25, 0.3) is 0 Å². The molecule has 2 N–H and O–H groups in total. The summed E-state index contributed by atoms with van der Waals surface area (Å²) in [5.74, 6) is 0. The van der Waals surface area contributed by atoms with Crippen LogP contribution >= 0.6 is 0 Å². The number of urea groups is 1. The molecule has 0 aliphatic carbocycles. The number of hydrogen-bond donors (Lipinski definition) is 2. The molecule has 3 heterocycles. The van der Waals surface area contributed by atoms with E-state index in [9.17, 15) is 4.79 Å². The Balaban J connectivity index is 1.50. The van der Waals surface area contributed by atoms with E-state index in [1.54, 1.807) is 0 Å². The minimum absolute atomic E-state index is 0.177. The zero-order valence-electron chi connectivity index (χ0n) is 10.5. The van der Waals surface area contributed by atoms with E-state index < -0.39 is 0 Å². The number of nitrogens with one attached hydrogen (secondary N) is 2. The summed E-state index contributed by atoms with van der Waals surface area (Å²) in [5, 5.41) is 6.84. The maximum Gasteiger partial charge on any atom is 0.317 e. The number of rotatable bonds is 1. The SMILES string of the molecule is O=C(NC1CC2CCC(C1)N2)N1CCCCC1. The molecule has 0 radical (unpaired) electrons. The van der Waals surface area contributed by atoms with Crippen molar-refractivity contribution in [3.63, 3.8) is 0 Å². The number of carbonyl (C=O) groups excluding carboxylic acids is 1. The van der Waals surface area contributed by atoms with Gasteiger partial charge in [-0.05, 0) is 44.9 Å². The van der Waals surface area contributed by atoms with Gasteiger partial charge in [-0.3, -0.25) is 0 Å². The van der Waals surface area contributed by atoms with E-state index in [1.165, 1.54) is 32.1 Å². The van der Waals surface area contributed by atoms with Gasteiger partial charge < -0.3 is 15.5 Å². The number of amides is 2. The quantitative estimate of drug-likeness (QED) is 0.725. The molecular weight excluding hydrogens is 214 g/mol. The molecule has 17 heavy (non-hydrogen) atoms. The molecule has 3 aliphatic heterocycles. The van der Waals surface area contributed by atoms with Crippen LogP contribution in [0.3, 0.4) is 0 Å². The van der Waals surface area contributed by atoms with E-state index in [0.29, 0.717) is 18.1 Å². The maximum atomic E-state index is 12.1. The van der Waals surface area contributed by atoms with Gasteiger partial charge in [0.2, 0.25) is 0 Å². The lowest BCUT2D eigenvalue weighted by molar-refractivity contribution is 0.177. The van der Waals surface area contributed by atoms with Gasteiger partial charge in [-0.25, -0.2) is 4.79 Å². The lowest BCUT2D eigenvalue weighted by Crippen LogP contribution is -2.52. The number of likely N-dealkylation sites (tertiary alicyclic amines) is 1. The summed E-state index contributed by atoms with van der Waals surface area (Å²) in [6, 6.07) is 1.89.